The average Bonchev–Trinajstić information content (AvgIpc) is 2.62. The van der Waals surface area contributed by atoms with E-state index in [2.05, 4.69) is 5.32 Å². The van der Waals surface area contributed by atoms with Gasteiger partial charge in [0.1, 0.15) is 0 Å². The van der Waals surface area contributed by atoms with Gasteiger partial charge in [-0.3, -0.25) is 25.0 Å². The van der Waals surface area contributed by atoms with Gasteiger partial charge in [0.15, 0.2) is 6.10 Å². The second kappa shape index (κ2) is 8.20. The van der Waals surface area contributed by atoms with Gasteiger partial charge in [-0.25, -0.2) is 4.79 Å². The number of hydrogen-bond acceptors (Lipinski definition) is 7. The SMILES string of the molecule is Cc1c(C(=O)O[C@@H](C)C(=O)Nc2ccc(F)c([N+](=O)[O-])c2)cccc1[N+](=O)[O-]. The first kappa shape index (κ1) is 20.4. The molecule has 28 heavy (non-hydrogen) atoms. The van der Waals surface area contributed by atoms with Crippen LogP contribution in [-0.2, 0) is 9.53 Å². The summed E-state index contributed by atoms with van der Waals surface area (Å²) in [5.74, 6) is -2.84. The number of carbonyl (C=O) groups excluding carboxylic acids is 2. The lowest BCUT2D eigenvalue weighted by Gasteiger charge is -2.14. The number of hydrogen-bond donors (Lipinski definition) is 1. The topological polar surface area (TPSA) is 142 Å². The Hall–Kier alpha value is -3.89. The van der Waals surface area contributed by atoms with Crippen LogP contribution in [0.2, 0.25) is 0 Å². The van der Waals surface area contributed by atoms with Gasteiger partial charge in [0, 0.05) is 23.4 Å². The van der Waals surface area contributed by atoms with Gasteiger partial charge in [0.25, 0.3) is 11.6 Å². The summed E-state index contributed by atoms with van der Waals surface area (Å²) in [6, 6.07) is 6.61. The van der Waals surface area contributed by atoms with Crippen molar-refractivity contribution in [3.63, 3.8) is 0 Å². The number of anilines is 1. The van der Waals surface area contributed by atoms with E-state index >= 15 is 0 Å². The summed E-state index contributed by atoms with van der Waals surface area (Å²) in [4.78, 5) is 44.5. The molecule has 2 aromatic carbocycles. The summed E-state index contributed by atoms with van der Waals surface area (Å²) in [6.07, 6.45) is -1.32. The van der Waals surface area contributed by atoms with Gasteiger partial charge in [-0.05, 0) is 32.0 Å². The lowest BCUT2D eigenvalue weighted by atomic mass is 10.1. The molecule has 1 N–H and O–H groups in total. The first-order chi connectivity index (χ1) is 13.1. The van der Waals surface area contributed by atoms with Crippen molar-refractivity contribution in [1.29, 1.82) is 0 Å². The fourth-order valence-electron chi connectivity index (χ4n) is 2.29. The molecule has 2 rings (SSSR count). The number of nitro groups is 2. The van der Waals surface area contributed by atoms with Crippen LogP contribution >= 0.6 is 0 Å². The van der Waals surface area contributed by atoms with Gasteiger partial charge < -0.3 is 10.1 Å². The van der Waals surface area contributed by atoms with Crippen molar-refractivity contribution in [2.75, 3.05) is 5.32 Å². The van der Waals surface area contributed by atoms with Crippen molar-refractivity contribution in [1.82, 2.24) is 0 Å². The number of amides is 1. The molecule has 0 fully saturated rings. The van der Waals surface area contributed by atoms with E-state index in [9.17, 15) is 34.2 Å². The number of halogens is 1. The zero-order valence-electron chi connectivity index (χ0n) is 14.7. The molecule has 0 aliphatic rings. The molecular weight excluding hydrogens is 377 g/mol. The monoisotopic (exact) mass is 391 g/mol. The van der Waals surface area contributed by atoms with Crippen molar-refractivity contribution in [2.45, 2.75) is 20.0 Å². The highest BCUT2D eigenvalue weighted by molar-refractivity contribution is 5.98. The number of rotatable bonds is 6. The predicted molar refractivity (Wildman–Crippen MR) is 94.4 cm³/mol. The molecule has 0 aliphatic heterocycles. The van der Waals surface area contributed by atoms with Crippen LogP contribution in [0.1, 0.15) is 22.8 Å². The van der Waals surface area contributed by atoms with E-state index in [0.29, 0.717) is 0 Å². The molecule has 0 radical (unpaired) electrons. The quantitative estimate of drug-likeness (QED) is 0.453. The van der Waals surface area contributed by atoms with E-state index in [0.717, 1.165) is 18.2 Å². The molecule has 0 saturated heterocycles. The molecule has 10 nitrogen and oxygen atoms in total. The molecule has 1 atom stereocenters. The number of nitro benzene ring substituents is 2. The van der Waals surface area contributed by atoms with Crippen molar-refractivity contribution >= 4 is 28.9 Å². The van der Waals surface area contributed by atoms with Crippen molar-refractivity contribution in [2.24, 2.45) is 0 Å². The minimum absolute atomic E-state index is 0.0625. The molecule has 0 aromatic heterocycles. The minimum Gasteiger partial charge on any atom is -0.449 e. The fourth-order valence-corrected chi connectivity index (χ4v) is 2.29. The lowest BCUT2D eigenvalue weighted by molar-refractivity contribution is -0.387. The Bertz CT molecular complexity index is 977. The van der Waals surface area contributed by atoms with Crippen LogP contribution < -0.4 is 5.32 Å². The molecule has 1 amide bonds. The van der Waals surface area contributed by atoms with Crippen LogP contribution in [0.15, 0.2) is 36.4 Å². The van der Waals surface area contributed by atoms with Gasteiger partial charge in [0.05, 0.1) is 15.4 Å². The Morgan fingerprint density at radius 2 is 1.75 bits per heavy atom. The Kier molecular flexibility index (Phi) is 5.98. The predicted octanol–water partition coefficient (Wildman–Crippen LogP) is 3.13. The van der Waals surface area contributed by atoms with Crippen LogP contribution in [-0.4, -0.2) is 27.8 Å². The zero-order valence-corrected chi connectivity index (χ0v) is 14.7. The van der Waals surface area contributed by atoms with Gasteiger partial charge in [-0.15, -0.1) is 0 Å². The third kappa shape index (κ3) is 4.44. The van der Waals surface area contributed by atoms with Gasteiger partial charge in [-0.2, -0.15) is 4.39 Å². The maximum absolute atomic E-state index is 13.3. The molecule has 0 unspecified atom stereocenters. The normalized spacial score (nSPS) is 11.4. The number of esters is 1. The van der Waals surface area contributed by atoms with Gasteiger partial charge in [0.2, 0.25) is 5.82 Å². The Balaban J connectivity index is 2.12. The highest BCUT2D eigenvalue weighted by Gasteiger charge is 2.24. The third-order valence-corrected chi connectivity index (χ3v) is 3.79. The largest absolute Gasteiger partial charge is 0.449 e. The smallest absolute Gasteiger partial charge is 0.339 e. The maximum atomic E-state index is 13.3. The Labute approximate surface area is 157 Å². The summed E-state index contributed by atoms with van der Waals surface area (Å²) in [7, 11) is 0. The summed E-state index contributed by atoms with van der Waals surface area (Å²) in [5.41, 5.74) is -1.15. The maximum Gasteiger partial charge on any atom is 0.339 e. The van der Waals surface area contributed by atoms with E-state index in [4.69, 9.17) is 4.74 Å². The summed E-state index contributed by atoms with van der Waals surface area (Å²) in [6.45, 7) is 2.62. The average molecular weight is 391 g/mol. The molecule has 11 heteroatoms. The second-order valence-electron chi connectivity index (χ2n) is 5.67. The number of nitrogens with zero attached hydrogens (tertiary/aromatic N) is 2. The van der Waals surface area contributed by atoms with E-state index in [-0.39, 0.29) is 22.5 Å². The summed E-state index contributed by atoms with van der Waals surface area (Å²) < 4.78 is 18.3. The van der Waals surface area contributed by atoms with E-state index in [1.165, 1.54) is 32.0 Å². The number of carbonyl (C=O) groups is 2. The van der Waals surface area contributed by atoms with Gasteiger partial charge >= 0.3 is 11.7 Å². The van der Waals surface area contributed by atoms with E-state index in [1.807, 2.05) is 0 Å². The fraction of sp³-hybridized carbons (Fsp3) is 0.176. The number of nitrogens with one attached hydrogen (secondary N) is 1. The van der Waals surface area contributed by atoms with Crippen LogP contribution in [0, 0.1) is 33.0 Å². The zero-order chi connectivity index (χ0) is 21.0. The Morgan fingerprint density at radius 1 is 1.11 bits per heavy atom. The van der Waals surface area contributed by atoms with Crippen molar-refractivity contribution < 1.29 is 28.6 Å². The highest BCUT2D eigenvalue weighted by atomic mass is 19.1. The molecule has 146 valence electrons. The van der Waals surface area contributed by atoms with Crippen LogP contribution in [0.3, 0.4) is 0 Å². The van der Waals surface area contributed by atoms with Crippen molar-refractivity contribution in [3.05, 3.63) is 73.6 Å². The van der Waals surface area contributed by atoms with Crippen LogP contribution in [0.25, 0.3) is 0 Å². The Morgan fingerprint density at radius 3 is 2.36 bits per heavy atom. The first-order valence-corrected chi connectivity index (χ1v) is 7.81. The van der Waals surface area contributed by atoms with Crippen LogP contribution in [0.5, 0.6) is 0 Å². The van der Waals surface area contributed by atoms with Crippen LogP contribution in [0.4, 0.5) is 21.5 Å². The first-order valence-electron chi connectivity index (χ1n) is 7.81. The summed E-state index contributed by atoms with van der Waals surface area (Å²) >= 11 is 0. The highest BCUT2D eigenvalue weighted by Crippen LogP contribution is 2.23. The minimum atomic E-state index is -1.32. The standard InChI is InChI=1S/C17H14FN3O7/c1-9-12(4-3-5-14(9)20(24)25)17(23)28-10(2)16(22)19-11-6-7-13(18)15(8-11)21(26)27/h3-8,10H,1-2H3,(H,19,22)/t10-/m0/s1. The molecule has 0 heterocycles. The molecular formula is C17H14FN3O7. The third-order valence-electron chi connectivity index (χ3n) is 3.79. The van der Waals surface area contributed by atoms with Crippen molar-refractivity contribution in [3.8, 4) is 0 Å². The second-order valence-corrected chi connectivity index (χ2v) is 5.67. The van der Waals surface area contributed by atoms with Gasteiger partial charge in [-0.1, -0.05) is 6.07 Å². The molecule has 0 spiro atoms. The van der Waals surface area contributed by atoms with E-state index in [1.54, 1.807) is 0 Å². The lowest BCUT2D eigenvalue weighted by Crippen LogP contribution is -2.30. The molecule has 0 aliphatic carbocycles. The summed E-state index contributed by atoms with van der Waals surface area (Å²) in [5, 5.41) is 24.0. The van der Waals surface area contributed by atoms with E-state index < -0.39 is 39.3 Å². The molecule has 2 aromatic rings. The molecule has 0 bridgehead atoms. The number of ether oxygens (including phenoxy) is 1. The number of benzene rings is 2. The molecule has 0 saturated carbocycles.